The highest BCUT2D eigenvalue weighted by Crippen LogP contribution is 2.32. The van der Waals surface area contributed by atoms with E-state index in [0.717, 1.165) is 11.1 Å². The number of hydrogen-bond acceptors (Lipinski definition) is 3. The number of hydrogen-bond donors (Lipinski definition) is 1. The van der Waals surface area contributed by atoms with E-state index in [0.29, 0.717) is 5.56 Å². The Hall–Kier alpha value is -2.11. The van der Waals surface area contributed by atoms with E-state index in [1.807, 2.05) is 52.8 Å². The van der Waals surface area contributed by atoms with Crippen molar-refractivity contribution in [3.63, 3.8) is 0 Å². The van der Waals surface area contributed by atoms with Crippen molar-refractivity contribution in [1.82, 2.24) is 10.4 Å². The smallest absolute Gasteiger partial charge is 0.272 e. The van der Waals surface area contributed by atoms with Gasteiger partial charge in [0, 0.05) is 12.7 Å². The van der Waals surface area contributed by atoms with E-state index in [-0.39, 0.29) is 5.91 Å². The Balaban J connectivity index is 2.32. The molecule has 1 aromatic rings. The molecule has 0 bridgehead atoms. The van der Waals surface area contributed by atoms with Crippen molar-refractivity contribution in [2.45, 2.75) is 45.2 Å². The zero-order chi connectivity index (χ0) is 20.4. The second-order valence-corrected chi connectivity index (χ2v) is 8.38. The Morgan fingerprint density at radius 1 is 1.15 bits per heavy atom. The summed E-state index contributed by atoms with van der Waals surface area (Å²) in [6.45, 7) is 9.44. The number of nitrogens with one attached hydrogen (secondary N) is 1. The molecule has 1 aliphatic rings. The van der Waals surface area contributed by atoms with E-state index in [4.69, 9.17) is 16.3 Å². The number of methoxy groups -OCH3 is 1. The normalized spacial score (nSPS) is 21.8. The van der Waals surface area contributed by atoms with Crippen LogP contribution in [0.25, 0.3) is 0 Å². The lowest BCUT2D eigenvalue weighted by Gasteiger charge is -2.38. The van der Waals surface area contributed by atoms with Crippen molar-refractivity contribution in [3.05, 3.63) is 59.2 Å². The molecule has 1 aliphatic carbocycles. The highest BCUT2D eigenvalue weighted by molar-refractivity contribution is 6.26. The molecule has 2 atom stereocenters. The number of ether oxygens (including phenoxy) is 1. The topological polar surface area (TPSA) is 58.6 Å². The lowest BCUT2D eigenvalue weighted by molar-refractivity contribution is -0.133. The molecule has 2 amide bonds. The number of hydrazine groups is 1. The van der Waals surface area contributed by atoms with Crippen molar-refractivity contribution < 1.29 is 14.3 Å². The third-order valence-corrected chi connectivity index (χ3v) is 4.84. The van der Waals surface area contributed by atoms with Crippen molar-refractivity contribution in [1.29, 1.82) is 0 Å². The van der Waals surface area contributed by atoms with Crippen LogP contribution in [0.3, 0.4) is 0 Å². The average molecular weight is 391 g/mol. The molecule has 0 radical (unpaired) electrons. The minimum Gasteiger partial charge on any atom is -0.358 e. The van der Waals surface area contributed by atoms with Crippen LogP contribution in [0.15, 0.2) is 42.5 Å². The highest BCUT2D eigenvalue weighted by atomic mass is 35.5. The van der Waals surface area contributed by atoms with Crippen molar-refractivity contribution in [2.24, 2.45) is 5.92 Å². The molecule has 6 heteroatoms. The Labute approximate surface area is 166 Å². The van der Waals surface area contributed by atoms with E-state index < -0.39 is 22.4 Å². The number of carbonyl (C=O) groups is 2. The average Bonchev–Trinajstić information content (AvgIpc) is 2.57. The predicted octanol–water partition coefficient (Wildman–Crippen LogP) is 3.90. The Kier molecular flexibility index (Phi) is 6.17. The first-order chi connectivity index (χ1) is 12.5. The number of allylic oxidation sites excluding steroid dienone is 2. The van der Waals surface area contributed by atoms with Gasteiger partial charge >= 0.3 is 0 Å². The second kappa shape index (κ2) is 7.87. The predicted molar refractivity (Wildman–Crippen MR) is 107 cm³/mol. The molecule has 0 saturated heterocycles. The number of alkyl halides is 1. The molecule has 0 aromatic heterocycles. The van der Waals surface area contributed by atoms with Crippen molar-refractivity contribution in [3.8, 4) is 0 Å². The summed E-state index contributed by atoms with van der Waals surface area (Å²) < 4.78 is 5.32. The van der Waals surface area contributed by atoms with Gasteiger partial charge in [-0.25, -0.2) is 5.01 Å². The van der Waals surface area contributed by atoms with Gasteiger partial charge < -0.3 is 4.74 Å². The van der Waals surface area contributed by atoms with Crippen LogP contribution in [0.4, 0.5) is 0 Å². The molecule has 146 valence electrons. The standard InChI is InChI=1S/C21H27ClN2O3/c1-14-11-15(2)13-16(12-14)19(26)24(20(3,4)5)23-18(25)17-9-7-8-10-21(17,22)27-6/h7-13,17H,1-6H3,(H,23,25). The molecule has 2 rings (SSSR count). The summed E-state index contributed by atoms with van der Waals surface area (Å²) >= 11 is 6.43. The zero-order valence-corrected chi connectivity index (χ0v) is 17.4. The number of rotatable bonds is 3. The lowest BCUT2D eigenvalue weighted by Crippen LogP contribution is -2.58. The number of halogens is 1. The number of nitrogens with zero attached hydrogens (tertiary/aromatic N) is 1. The van der Waals surface area contributed by atoms with E-state index >= 15 is 0 Å². The SMILES string of the molecule is COC1(Cl)C=CC=CC1C(=O)NN(C(=O)c1cc(C)cc(C)c1)C(C)(C)C. The fourth-order valence-corrected chi connectivity index (χ4v) is 3.23. The van der Waals surface area contributed by atoms with Crippen LogP contribution in [0.2, 0.25) is 0 Å². The highest BCUT2D eigenvalue weighted by Gasteiger charge is 2.41. The number of amides is 2. The van der Waals surface area contributed by atoms with Gasteiger partial charge in [-0.2, -0.15) is 0 Å². The molecule has 5 nitrogen and oxygen atoms in total. The maximum atomic E-state index is 13.2. The van der Waals surface area contributed by atoms with E-state index in [1.54, 1.807) is 24.3 Å². The first kappa shape index (κ1) is 21.2. The molecule has 2 unspecified atom stereocenters. The number of aryl methyl sites for hydroxylation is 2. The van der Waals surface area contributed by atoms with Crippen LogP contribution in [0, 0.1) is 19.8 Å². The maximum Gasteiger partial charge on any atom is 0.272 e. The molecule has 1 aromatic carbocycles. The van der Waals surface area contributed by atoms with Crippen LogP contribution < -0.4 is 5.43 Å². The quantitative estimate of drug-likeness (QED) is 0.629. The Bertz CT molecular complexity index is 775. The van der Waals surface area contributed by atoms with Gasteiger partial charge in [-0.15, -0.1) is 0 Å². The molecule has 1 N–H and O–H groups in total. The van der Waals surface area contributed by atoms with Crippen molar-refractivity contribution in [2.75, 3.05) is 7.11 Å². The molecule has 0 saturated carbocycles. The summed E-state index contributed by atoms with van der Waals surface area (Å²) in [5.41, 5.74) is 4.60. The molecular formula is C21H27ClN2O3. The lowest BCUT2D eigenvalue weighted by atomic mass is 9.96. The van der Waals surface area contributed by atoms with Gasteiger partial charge in [0.1, 0.15) is 5.92 Å². The van der Waals surface area contributed by atoms with Gasteiger partial charge in [-0.1, -0.05) is 47.0 Å². The molecule has 0 fully saturated rings. The summed E-state index contributed by atoms with van der Waals surface area (Å²) in [6.07, 6.45) is 6.74. The molecular weight excluding hydrogens is 364 g/mol. The fourth-order valence-electron chi connectivity index (χ4n) is 2.99. The van der Waals surface area contributed by atoms with Gasteiger partial charge in [0.05, 0.1) is 5.54 Å². The van der Waals surface area contributed by atoms with E-state index in [9.17, 15) is 9.59 Å². The summed E-state index contributed by atoms with van der Waals surface area (Å²) in [6, 6.07) is 5.62. The molecule has 0 heterocycles. The summed E-state index contributed by atoms with van der Waals surface area (Å²) in [4.78, 5) is 26.1. The van der Waals surface area contributed by atoms with Crippen LogP contribution in [0.1, 0.15) is 42.3 Å². The molecule has 0 spiro atoms. The van der Waals surface area contributed by atoms with E-state index in [1.165, 1.54) is 12.1 Å². The minimum atomic E-state index is -1.29. The third-order valence-electron chi connectivity index (χ3n) is 4.32. The van der Waals surface area contributed by atoms with Crippen LogP contribution in [0.5, 0.6) is 0 Å². The van der Waals surface area contributed by atoms with Crippen LogP contribution in [-0.4, -0.2) is 34.5 Å². The van der Waals surface area contributed by atoms with Gasteiger partial charge in [-0.3, -0.25) is 15.0 Å². The second-order valence-electron chi connectivity index (χ2n) is 7.79. The molecule has 0 aliphatic heterocycles. The molecule has 27 heavy (non-hydrogen) atoms. The largest absolute Gasteiger partial charge is 0.358 e. The number of benzene rings is 1. The van der Waals surface area contributed by atoms with Gasteiger partial charge in [0.2, 0.25) is 5.91 Å². The summed E-state index contributed by atoms with van der Waals surface area (Å²) in [5, 5.41) is 0.0635. The summed E-state index contributed by atoms with van der Waals surface area (Å²) in [7, 11) is 1.44. The first-order valence-electron chi connectivity index (χ1n) is 8.81. The Morgan fingerprint density at radius 3 is 2.26 bits per heavy atom. The van der Waals surface area contributed by atoms with Gasteiger partial charge in [0.15, 0.2) is 5.06 Å². The zero-order valence-electron chi connectivity index (χ0n) is 16.7. The number of carbonyl (C=O) groups excluding carboxylic acids is 2. The maximum absolute atomic E-state index is 13.2. The fraction of sp³-hybridized carbons (Fsp3) is 0.429. The van der Waals surface area contributed by atoms with Crippen LogP contribution in [-0.2, 0) is 9.53 Å². The first-order valence-corrected chi connectivity index (χ1v) is 9.19. The van der Waals surface area contributed by atoms with Crippen molar-refractivity contribution >= 4 is 23.4 Å². The van der Waals surface area contributed by atoms with Gasteiger partial charge in [-0.05, 0) is 52.8 Å². The van der Waals surface area contributed by atoms with Crippen LogP contribution >= 0.6 is 11.6 Å². The van der Waals surface area contributed by atoms with E-state index in [2.05, 4.69) is 5.43 Å². The third kappa shape index (κ3) is 4.79. The van der Waals surface area contributed by atoms with Gasteiger partial charge in [0.25, 0.3) is 5.91 Å². The minimum absolute atomic E-state index is 0.282. The monoisotopic (exact) mass is 390 g/mol. The summed E-state index contributed by atoms with van der Waals surface area (Å²) in [5.74, 6) is -1.47. The Morgan fingerprint density at radius 2 is 1.74 bits per heavy atom.